The molecule has 7 heteroatoms. The third-order valence-corrected chi connectivity index (χ3v) is 5.22. The van der Waals surface area contributed by atoms with Crippen LogP contribution in [-0.4, -0.2) is 22.5 Å². The zero-order chi connectivity index (χ0) is 21.1. The Balaban J connectivity index is 1.63. The van der Waals surface area contributed by atoms with Gasteiger partial charge in [0.1, 0.15) is 6.04 Å². The molecular weight excluding hydrogens is 391 g/mol. The highest BCUT2D eigenvalue weighted by atomic mass is 19.4. The van der Waals surface area contributed by atoms with Gasteiger partial charge in [-0.1, -0.05) is 48.5 Å². The number of hydrogen-bond acceptors (Lipinski definition) is 2. The van der Waals surface area contributed by atoms with Gasteiger partial charge in [-0.2, -0.15) is 13.2 Å². The van der Waals surface area contributed by atoms with Crippen LogP contribution < -0.4 is 5.32 Å². The molecule has 4 rings (SSSR count). The van der Waals surface area contributed by atoms with E-state index < -0.39 is 17.8 Å². The number of amides is 2. The van der Waals surface area contributed by atoms with Crippen LogP contribution in [0, 0.1) is 0 Å². The highest BCUT2D eigenvalue weighted by Crippen LogP contribution is 2.36. The summed E-state index contributed by atoms with van der Waals surface area (Å²) >= 11 is 0. The lowest BCUT2D eigenvalue weighted by Gasteiger charge is -2.36. The zero-order valence-electron chi connectivity index (χ0n) is 16.1. The molecule has 2 aromatic carbocycles. The second kappa shape index (κ2) is 8.18. The Morgan fingerprint density at radius 1 is 1.03 bits per heavy atom. The van der Waals surface area contributed by atoms with Gasteiger partial charge >= 0.3 is 12.2 Å². The molecule has 1 aliphatic heterocycles. The predicted octanol–water partition coefficient (Wildman–Crippen LogP) is 4.96. The van der Waals surface area contributed by atoms with E-state index in [2.05, 4.69) is 10.3 Å². The number of nitrogens with zero attached hydrogens (tertiary/aromatic N) is 2. The minimum Gasteiger partial charge on any atom is -0.334 e. The number of carbonyl (C=O) groups is 1. The Labute approximate surface area is 172 Å². The van der Waals surface area contributed by atoms with Gasteiger partial charge in [0.25, 0.3) is 0 Å². The summed E-state index contributed by atoms with van der Waals surface area (Å²) in [7, 11) is 0. The van der Waals surface area contributed by atoms with Crippen molar-refractivity contribution in [3.05, 3.63) is 101 Å². The molecule has 1 atom stereocenters. The molecule has 0 unspecified atom stereocenters. The first kappa shape index (κ1) is 19.9. The lowest BCUT2D eigenvalue weighted by atomic mass is 9.92. The summed E-state index contributed by atoms with van der Waals surface area (Å²) < 4.78 is 38.9. The van der Waals surface area contributed by atoms with Crippen LogP contribution in [0.1, 0.15) is 34.0 Å². The van der Waals surface area contributed by atoms with Crippen LogP contribution in [0.5, 0.6) is 0 Å². The van der Waals surface area contributed by atoms with Crippen molar-refractivity contribution >= 4 is 6.03 Å². The number of carbonyl (C=O) groups excluding carboxylic acids is 1. The van der Waals surface area contributed by atoms with Crippen molar-refractivity contribution in [2.75, 3.05) is 6.54 Å². The Morgan fingerprint density at radius 3 is 2.47 bits per heavy atom. The van der Waals surface area contributed by atoms with E-state index in [9.17, 15) is 18.0 Å². The van der Waals surface area contributed by atoms with Gasteiger partial charge < -0.3 is 10.2 Å². The van der Waals surface area contributed by atoms with Crippen LogP contribution in [-0.2, 0) is 19.1 Å². The molecule has 30 heavy (non-hydrogen) atoms. The summed E-state index contributed by atoms with van der Waals surface area (Å²) in [6.07, 6.45) is -2.13. The SMILES string of the molecule is O=C(NCc1ccccc1)N1CCc2cccnc2[C@H]1c1ccc(C(F)(F)F)cc1. The van der Waals surface area contributed by atoms with E-state index >= 15 is 0 Å². The predicted molar refractivity (Wildman–Crippen MR) is 107 cm³/mol. The van der Waals surface area contributed by atoms with Crippen LogP contribution in [0.2, 0.25) is 0 Å². The normalized spacial score (nSPS) is 16.1. The molecule has 0 bridgehead atoms. The number of hydrogen-bond donors (Lipinski definition) is 1. The second-order valence-electron chi connectivity index (χ2n) is 7.16. The number of alkyl halides is 3. The molecule has 0 fully saturated rings. The fourth-order valence-electron chi connectivity index (χ4n) is 3.71. The number of pyridine rings is 1. The molecule has 4 nitrogen and oxygen atoms in total. The maximum absolute atomic E-state index is 13.0. The number of nitrogens with one attached hydrogen (secondary N) is 1. The summed E-state index contributed by atoms with van der Waals surface area (Å²) in [6.45, 7) is 0.815. The number of fused-ring (bicyclic) bond motifs is 1. The van der Waals surface area contributed by atoms with Gasteiger partial charge in [0.2, 0.25) is 0 Å². The topological polar surface area (TPSA) is 45.2 Å². The van der Waals surface area contributed by atoms with Crippen molar-refractivity contribution in [3.8, 4) is 0 Å². The standard InChI is InChI=1S/C23H20F3N3O/c24-23(25,26)19-10-8-18(9-11-19)21-20-17(7-4-13-27-20)12-14-29(21)22(30)28-15-16-5-2-1-3-6-16/h1-11,13,21H,12,14-15H2,(H,28,30)/t21-/m1/s1. The average Bonchev–Trinajstić information content (AvgIpc) is 2.77. The lowest BCUT2D eigenvalue weighted by Crippen LogP contribution is -2.46. The largest absolute Gasteiger partial charge is 0.416 e. The van der Waals surface area contributed by atoms with E-state index in [1.807, 2.05) is 42.5 Å². The first-order chi connectivity index (χ1) is 14.4. The third-order valence-electron chi connectivity index (χ3n) is 5.22. The van der Waals surface area contributed by atoms with Gasteiger partial charge in [-0.3, -0.25) is 4.98 Å². The monoisotopic (exact) mass is 411 g/mol. The van der Waals surface area contributed by atoms with Crippen molar-refractivity contribution in [1.82, 2.24) is 15.2 Å². The molecule has 0 aliphatic carbocycles. The lowest BCUT2D eigenvalue weighted by molar-refractivity contribution is -0.137. The summed E-state index contributed by atoms with van der Waals surface area (Å²) in [5, 5.41) is 2.91. The van der Waals surface area contributed by atoms with Gasteiger partial charge in [-0.25, -0.2) is 4.79 Å². The minimum atomic E-state index is -4.41. The second-order valence-corrected chi connectivity index (χ2v) is 7.16. The Kier molecular flexibility index (Phi) is 5.44. The van der Waals surface area contributed by atoms with Crippen molar-refractivity contribution < 1.29 is 18.0 Å². The molecule has 3 aromatic rings. The quantitative estimate of drug-likeness (QED) is 0.662. The van der Waals surface area contributed by atoms with Crippen molar-refractivity contribution in [2.45, 2.75) is 25.2 Å². The summed E-state index contributed by atoms with van der Waals surface area (Å²) in [5.41, 5.74) is 2.53. The molecule has 2 heterocycles. The van der Waals surface area contributed by atoms with Gasteiger partial charge in [-0.05, 0) is 41.3 Å². The van der Waals surface area contributed by atoms with E-state index in [1.54, 1.807) is 11.1 Å². The number of urea groups is 1. The van der Waals surface area contributed by atoms with Crippen LogP contribution in [0.25, 0.3) is 0 Å². The van der Waals surface area contributed by atoms with Gasteiger partial charge in [0.15, 0.2) is 0 Å². The van der Waals surface area contributed by atoms with Crippen molar-refractivity contribution in [3.63, 3.8) is 0 Å². The number of rotatable bonds is 3. The van der Waals surface area contributed by atoms with Crippen molar-refractivity contribution in [1.29, 1.82) is 0 Å². The maximum Gasteiger partial charge on any atom is 0.416 e. The zero-order valence-corrected chi connectivity index (χ0v) is 16.1. The molecule has 2 amide bonds. The van der Waals surface area contributed by atoms with Crippen LogP contribution in [0.3, 0.4) is 0 Å². The Morgan fingerprint density at radius 2 is 1.77 bits per heavy atom. The molecule has 0 radical (unpaired) electrons. The molecular formula is C23H20F3N3O. The van der Waals surface area contributed by atoms with Crippen molar-refractivity contribution in [2.24, 2.45) is 0 Å². The van der Waals surface area contributed by atoms with Crippen LogP contribution >= 0.6 is 0 Å². The first-order valence-corrected chi connectivity index (χ1v) is 9.63. The number of aromatic nitrogens is 1. The molecule has 1 N–H and O–H groups in total. The van der Waals surface area contributed by atoms with Crippen LogP contribution in [0.4, 0.5) is 18.0 Å². The van der Waals surface area contributed by atoms with E-state index in [1.165, 1.54) is 12.1 Å². The van der Waals surface area contributed by atoms with Crippen LogP contribution in [0.15, 0.2) is 72.9 Å². The summed E-state index contributed by atoms with van der Waals surface area (Å²) in [4.78, 5) is 19.1. The maximum atomic E-state index is 13.0. The molecule has 0 saturated heterocycles. The third kappa shape index (κ3) is 4.15. The fourth-order valence-corrected chi connectivity index (χ4v) is 3.71. The highest BCUT2D eigenvalue weighted by Gasteiger charge is 2.34. The first-order valence-electron chi connectivity index (χ1n) is 9.63. The van der Waals surface area contributed by atoms with E-state index in [4.69, 9.17) is 0 Å². The highest BCUT2D eigenvalue weighted by molar-refractivity contribution is 5.75. The van der Waals surface area contributed by atoms with Gasteiger partial charge in [0, 0.05) is 19.3 Å². The fraction of sp³-hybridized carbons (Fsp3) is 0.217. The smallest absolute Gasteiger partial charge is 0.334 e. The molecule has 154 valence electrons. The Hall–Kier alpha value is -3.35. The summed E-state index contributed by atoms with van der Waals surface area (Å²) in [6, 6.07) is 17.4. The molecule has 0 saturated carbocycles. The number of halogens is 3. The molecule has 1 aromatic heterocycles. The van der Waals surface area contributed by atoms with Gasteiger partial charge in [0.05, 0.1) is 11.3 Å². The minimum absolute atomic E-state index is 0.278. The van der Waals surface area contributed by atoms with E-state index in [-0.39, 0.29) is 6.03 Å². The number of benzene rings is 2. The van der Waals surface area contributed by atoms with E-state index in [0.717, 1.165) is 23.3 Å². The Bertz CT molecular complexity index is 1020. The summed E-state index contributed by atoms with van der Waals surface area (Å²) in [5.74, 6) is 0. The van der Waals surface area contributed by atoms with Gasteiger partial charge in [-0.15, -0.1) is 0 Å². The average molecular weight is 411 g/mol. The molecule has 1 aliphatic rings. The van der Waals surface area contributed by atoms with E-state index in [0.29, 0.717) is 30.8 Å². The molecule has 0 spiro atoms.